The fourth-order valence-corrected chi connectivity index (χ4v) is 2.41. The number of aliphatic carboxylic acids is 1. The summed E-state index contributed by atoms with van der Waals surface area (Å²) in [5.41, 5.74) is -4.38. The average molecular weight is 410 g/mol. The highest BCUT2D eigenvalue weighted by atomic mass is 16.6. The third-order valence-electron chi connectivity index (χ3n) is 3.48. The second kappa shape index (κ2) is 8.46. The van der Waals surface area contributed by atoms with Crippen molar-refractivity contribution in [1.82, 2.24) is 5.32 Å². The van der Waals surface area contributed by atoms with E-state index in [-0.39, 0.29) is 11.3 Å². The smallest absolute Gasteiger partial charge is 0.408 e. The molecule has 0 unspecified atom stereocenters. The van der Waals surface area contributed by atoms with Crippen LogP contribution in [0.25, 0.3) is 0 Å². The van der Waals surface area contributed by atoms with Crippen molar-refractivity contribution in [2.45, 2.75) is 64.7 Å². The lowest BCUT2D eigenvalue weighted by Gasteiger charge is -2.32. The molecule has 0 heterocycles. The molecular formula is C19H26N2O8. The van der Waals surface area contributed by atoms with Gasteiger partial charge in [-0.2, -0.15) is 0 Å². The second-order valence-corrected chi connectivity index (χ2v) is 8.40. The number of alkyl carbamates (subject to hydrolysis) is 1. The summed E-state index contributed by atoms with van der Waals surface area (Å²) in [7, 11) is 0. The van der Waals surface area contributed by atoms with Crippen molar-refractivity contribution in [2.24, 2.45) is 0 Å². The molecule has 0 aliphatic heterocycles. The van der Waals surface area contributed by atoms with Gasteiger partial charge in [-0.15, -0.1) is 0 Å². The van der Waals surface area contributed by atoms with Gasteiger partial charge >= 0.3 is 18.0 Å². The molecule has 0 bridgehead atoms. The van der Waals surface area contributed by atoms with Gasteiger partial charge < -0.3 is 19.9 Å². The number of hydrogen-bond acceptors (Lipinski definition) is 7. The molecule has 1 aromatic rings. The number of carboxylic acids is 1. The standard InChI is InChI=1S/C19H26N2O8/c1-17(2,3)28-14(22)11-19(15(23)24,20-16(25)29-18(4,5)6)12-7-9-13(10-8-12)21(26)27/h7-10H,11H2,1-6H3,(H,20,25)(H,23,24)/t19-/m1/s1. The van der Waals surface area contributed by atoms with Crippen molar-refractivity contribution in [1.29, 1.82) is 0 Å². The molecular weight excluding hydrogens is 384 g/mol. The minimum atomic E-state index is -2.25. The van der Waals surface area contributed by atoms with E-state index in [1.807, 2.05) is 0 Å². The maximum atomic E-state index is 12.4. The van der Waals surface area contributed by atoms with Crippen LogP contribution in [0.2, 0.25) is 0 Å². The van der Waals surface area contributed by atoms with Crippen LogP contribution in [-0.2, 0) is 24.6 Å². The number of hydrogen-bond donors (Lipinski definition) is 2. The Bertz CT molecular complexity index is 758. The third kappa shape index (κ3) is 7.05. The van der Waals surface area contributed by atoms with Gasteiger partial charge in [0.25, 0.3) is 5.69 Å². The third-order valence-corrected chi connectivity index (χ3v) is 3.48. The number of nitrogens with zero attached hydrogens (tertiary/aromatic N) is 1. The Hall–Kier alpha value is -3.17. The maximum absolute atomic E-state index is 12.4. The van der Waals surface area contributed by atoms with Crippen molar-refractivity contribution in [3.8, 4) is 0 Å². The minimum absolute atomic E-state index is 0.0488. The van der Waals surface area contributed by atoms with E-state index >= 15 is 0 Å². The highest BCUT2D eigenvalue weighted by Crippen LogP contribution is 2.30. The molecule has 0 aliphatic carbocycles. The van der Waals surface area contributed by atoms with Crippen LogP contribution < -0.4 is 5.32 Å². The number of nitro groups is 1. The summed E-state index contributed by atoms with van der Waals surface area (Å²) in [5, 5.41) is 23.1. The first kappa shape index (κ1) is 23.9. The fourth-order valence-electron chi connectivity index (χ4n) is 2.41. The lowest BCUT2D eigenvalue weighted by molar-refractivity contribution is -0.384. The molecule has 10 heteroatoms. The van der Waals surface area contributed by atoms with Crippen LogP contribution in [0.5, 0.6) is 0 Å². The van der Waals surface area contributed by atoms with Gasteiger partial charge in [-0.25, -0.2) is 9.59 Å². The molecule has 0 aromatic heterocycles. The number of non-ortho nitro benzene ring substituents is 1. The van der Waals surface area contributed by atoms with E-state index in [0.717, 1.165) is 24.3 Å². The fraction of sp³-hybridized carbons (Fsp3) is 0.526. The number of nitrogens with one attached hydrogen (secondary N) is 1. The molecule has 1 atom stereocenters. The van der Waals surface area contributed by atoms with Gasteiger partial charge in [-0.3, -0.25) is 14.9 Å². The molecule has 0 radical (unpaired) electrons. The number of amides is 1. The van der Waals surface area contributed by atoms with Crippen LogP contribution >= 0.6 is 0 Å². The Balaban J connectivity index is 3.42. The normalized spacial score (nSPS) is 13.7. The van der Waals surface area contributed by atoms with Crippen LogP contribution in [0, 0.1) is 10.1 Å². The lowest BCUT2D eigenvalue weighted by Crippen LogP contribution is -2.54. The highest BCUT2D eigenvalue weighted by Gasteiger charge is 2.46. The number of carboxylic acid groups (broad SMARTS) is 1. The van der Waals surface area contributed by atoms with E-state index in [4.69, 9.17) is 9.47 Å². The zero-order valence-electron chi connectivity index (χ0n) is 17.3. The molecule has 160 valence electrons. The van der Waals surface area contributed by atoms with E-state index < -0.39 is 46.1 Å². The number of rotatable bonds is 6. The zero-order valence-corrected chi connectivity index (χ0v) is 17.3. The molecule has 0 saturated carbocycles. The van der Waals surface area contributed by atoms with Crippen LogP contribution in [0.4, 0.5) is 10.5 Å². The van der Waals surface area contributed by atoms with Crippen LogP contribution in [0.1, 0.15) is 53.5 Å². The summed E-state index contributed by atoms with van der Waals surface area (Å²) in [6, 6.07) is 4.49. The maximum Gasteiger partial charge on any atom is 0.408 e. The Morgan fingerprint density at radius 3 is 1.86 bits per heavy atom. The number of ether oxygens (including phenoxy) is 2. The van der Waals surface area contributed by atoms with Crippen molar-refractivity contribution < 1.29 is 33.9 Å². The predicted molar refractivity (Wildman–Crippen MR) is 102 cm³/mol. The van der Waals surface area contributed by atoms with Gasteiger partial charge in [-0.05, 0) is 59.2 Å². The second-order valence-electron chi connectivity index (χ2n) is 8.40. The molecule has 2 N–H and O–H groups in total. The van der Waals surface area contributed by atoms with Gasteiger partial charge in [0, 0.05) is 12.1 Å². The zero-order chi connectivity index (χ0) is 22.6. The SMILES string of the molecule is CC(C)(C)OC(=O)C[C@](NC(=O)OC(C)(C)C)(C(=O)O)c1ccc([N+](=O)[O-])cc1. The van der Waals surface area contributed by atoms with Crippen molar-refractivity contribution >= 4 is 23.7 Å². The first-order chi connectivity index (χ1) is 13.1. The predicted octanol–water partition coefficient (Wildman–Crippen LogP) is 3.13. The van der Waals surface area contributed by atoms with E-state index in [9.17, 15) is 29.6 Å². The largest absolute Gasteiger partial charge is 0.479 e. The number of benzene rings is 1. The molecule has 1 rings (SSSR count). The lowest BCUT2D eigenvalue weighted by atomic mass is 9.86. The average Bonchev–Trinajstić information content (AvgIpc) is 2.50. The van der Waals surface area contributed by atoms with Crippen molar-refractivity contribution in [3.05, 3.63) is 39.9 Å². The summed E-state index contributed by atoms with van der Waals surface area (Å²) >= 11 is 0. The Morgan fingerprint density at radius 1 is 1.00 bits per heavy atom. The molecule has 0 aliphatic rings. The summed E-state index contributed by atoms with van der Waals surface area (Å²) < 4.78 is 10.3. The van der Waals surface area contributed by atoms with E-state index in [1.54, 1.807) is 41.5 Å². The number of carbonyl (C=O) groups is 3. The minimum Gasteiger partial charge on any atom is -0.479 e. The summed E-state index contributed by atoms with van der Waals surface area (Å²) in [6.07, 6.45) is -1.82. The van der Waals surface area contributed by atoms with Gasteiger partial charge in [0.1, 0.15) is 11.2 Å². The number of carbonyl (C=O) groups excluding carboxylic acids is 2. The number of esters is 1. The van der Waals surface area contributed by atoms with Gasteiger partial charge in [0.15, 0.2) is 5.54 Å². The van der Waals surface area contributed by atoms with Crippen LogP contribution in [0.3, 0.4) is 0 Å². The summed E-state index contributed by atoms with van der Waals surface area (Å²) in [4.78, 5) is 47.2. The molecule has 10 nitrogen and oxygen atoms in total. The monoisotopic (exact) mass is 410 g/mol. The van der Waals surface area contributed by atoms with Crippen molar-refractivity contribution in [3.63, 3.8) is 0 Å². The molecule has 0 spiro atoms. The highest BCUT2D eigenvalue weighted by molar-refractivity contribution is 5.90. The Morgan fingerprint density at radius 2 is 1.48 bits per heavy atom. The van der Waals surface area contributed by atoms with Gasteiger partial charge in [0.2, 0.25) is 0 Å². The molecule has 1 amide bonds. The van der Waals surface area contributed by atoms with Gasteiger partial charge in [-0.1, -0.05) is 0 Å². The molecule has 0 fully saturated rings. The quantitative estimate of drug-likeness (QED) is 0.413. The topological polar surface area (TPSA) is 145 Å². The summed E-state index contributed by atoms with van der Waals surface area (Å²) in [5.74, 6) is -2.43. The Kier molecular flexibility index (Phi) is 6.96. The first-order valence-electron chi connectivity index (χ1n) is 8.77. The Labute approximate surface area is 168 Å². The molecule has 1 aromatic carbocycles. The van der Waals surface area contributed by atoms with Crippen LogP contribution in [-0.4, -0.2) is 39.3 Å². The van der Waals surface area contributed by atoms with E-state index in [1.165, 1.54) is 0 Å². The van der Waals surface area contributed by atoms with Crippen molar-refractivity contribution in [2.75, 3.05) is 0 Å². The van der Waals surface area contributed by atoms with E-state index in [0.29, 0.717) is 0 Å². The first-order valence-corrected chi connectivity index (χ1v) is 8.77. The van der Waals surface area contributed by atoms with E-state index in [2.05, 4.69) is 5.32 Å². The molecule has 29 heavy (non-hydrogen) atoms. The van der Waals surface area contributed by atoms with Crippen LogP contribution in [0.15, 0.2) is 24.3 Å². The van der Waals surface area contributed by atoms with Gasteiger partial charge in [0.05, 0.1) is 11.3 Å². The summed E-state index contributed by atoms with van der Waals surface area (Å²) in [6.45, 7) is 9.61. The molecule has 0 saturated heterocycles. The number of nitro benzene ring substituents is 1.